The maximum atomic E-state index is 11.8. The zero-order valence-electron chi connectivity index (χ0n) is 11.0. The van der Waals surface area contributed by atoms with Crippen molar-refractivity contribution in [2.45, 2.75) is 26.4 Å². The van der Waals surface area contributed by atoms with E-state index in [1.165, 1.54) is 0 Å². The van der Waals surface area contributed by atoms with Gasteiger partial charge in [-0.1, -0.05) is 0 Å². The summed E-state index contributed by atoms with van der Waals surface area (Å²) in [6, 6.07) is 4.86. The van der Waals surface area contributed by atoms with Crippen molar-refractivity contribution in [1.29, 1.82) is 0 Å². The Bertz CT molecular complexity index is 425. The van der Waals surface area contributed by atoms with Crippen molar-refractivity contribution in [3.8, 4) is 5.75 Å². The van der Waals surface area contributed by atoms with Gasteiger partial charge in [-0.3, -0.25) is 4.79 Å². The highest BCUT2D eigenvalue weighted by Crippen LogP contribution is 2.22. The highest BCUT2D eigenvalue weighted by molar-refractivity contribution is 5.95. The van der Waals surface area contributed by atoms with Crippen LogP contribution in [0.15, 0.2) is 18.2 Å². The summed E-state index contributed by atoms with van der Waals surface area (Å²) in [5.41, 5.74) is 5.70. The Balaban J connectivity index is 2.72. The molecule has 0 aliphatic rings. The number of carbonyl (C=O) groups excluding carboxylic acids is 1. The molecule has 5 nitrogen and oxygen atoms in total. The summed E-state index contributed by atoms with van der Waals surface area (Å²) in [6.45, 7) is 5.82. The molecular weight excluding hydrogens is 232 g/mol. The minimum atomic E-state index is -0.938. The summed E-state index contributed by atoms with van der Waals surface area (Å²) < 4.78 is 5.29. The molecule has 0 saturated carbocycles. The highest BCUT2D eigenvalue weighted by Gasteiger charge is 2.15. The number of hydrogen-bond acceptors (Lipinski definition) is 4. The number of ether oxygens (including phenoxy) is 1. The Hall–Kier alpha value is -1.75. The van der Waals surface area contributed by atoms with Crippen LogP contribution in [0, 0.1) is 0 Å². The lowest BCUT2D eigenvalue weighted by molar-refractivity contribution is 0.0694. The highest BCUT2D eigenvalue weighted by atomic mass is 16.5. The number of rotatable bonds is 5. The van der Waals surface area contributed by atoms with Crippen molar-refractivity contribution in [2.24, 2.45) is 0 Å². The van der Waals surface area contributed by atoms with E-state index in [1.807, 2.05) is 6.92 Å². The second-order valence-corrected chi connectivity index (χ2v) is 4.68. The second kappa shape index (κ2) is 5.73. The molecule has 0 heterocycles. The number of carbonyl (C=O) groups is 1. The van der Waals surface area contributed by atoms with Crippen LogP contribution in [0.3, 0.4) is 0 Å². The fourth-order valence-electron chi connectivity index (χ4n) is 1.38. The van der Waals surface area contributed by atoms with E-state index in [1.54, 1.807) is 32.0 Å². The molecule has 5 heteroatoms. The third kappa shape index (κ3) is 4.25. The molecule has 0 saturated heterocycles. The lowest BCUT2D eigenvalue weighted by atomic mass is 10.1. The van der Waals surface area contributed by atoms with Crippen LogP contribution in [0.25, 0.3) is 0 Å². The number of hydrogen-bond donors (Lipinski definition) is 3. The fourth-order valence-corrected chi connectivity index (χ4v) is 1.38. The first kappa shape index (κ1) is 14.3. The minimum Gasteiger partial charge on any atom is -0.492 e. The zero-order valence-corrected chi connectivity index (χ0v) is 11.0. The molecule has 0 aliphatic heterocycles. The zero-order chi connectivity index (χ0) is 13.8. The summed E-state index contributed by atoms with van der Waals surface area (Å²) in [5.74, 6) is 0.295. The average Bonchev–Trinajstić information content (AvgIpc) is 2.28. The quantitative estimate of drug-likeness (QED) is 0.687. The summed E-state index contributed by atoms with van der Waals surface area (Å²) in [5, 5.41) is 12.2. The second-order valence-electron chi connectivity index (χ2n) is 4.68. The van der Waals surface area contributed by atoms with Crippen molar-refractivity contribution in [1.82, 2.24) is 5.32 Å². The van der Waals surface area contributed by atoms with Crippen LogP contribution >= 0.6 is 0 Å². The molecule has 0 radical (unpaired) electrons. The monoisotopic (exact) mass is 252 g/mol. The molecule has 1 rings (SSSR count). The average molecular weight is 252 g/mol. The Morgan fingerprint density at radius 2 is 2.17 bits per heavy atom. The van der Waals surface area contributed by atoms with Gasteiger partial charge in [0, 0.05) is 12.1 Å². The minimum absolute atomic E-state index is 0.180. The Labute approximate surface area is 107 Å². The van der Waals surface area contributed by atoms with Gasteiger partial charge in [-0.05, 0) is 39.0 Å². The van der Waals surface area contributed by atoms with E-state index in [2.05, 4.69) is 5.32 Å². The third-order valence-electron chi connectivity index (χ3n) is 2.25. The van der Waals surface area contributed by atoms with Crippen molar-refractivity contribution < 1.29 is 14.6 Å². The summed E-state index contributed by atoms with van der Waals surface area (Å²) >= 11 is 0. The molecule has 4 N–H and O–H groups in total. The van der Waals surface area contributed by atoms with E-state index in [9.17, 15) is 9.90 Å². The van der Waals surface area contributed by atoms with Gasteiger partial charge in [-0.25, -0.2) is 0 Å². The predicted octanol–water partition coefficient (Wildman–Crippen LogP) is 1.17. The summed E-state index contributed by atoms with van der Waals surface area (Å²) in [7, 11) is 0. The number of aliphatic hydroxyl groups is 1. The molecular formula is C13H20N2O3. The Morgan fingerprint density at radius 1 is 1.50 bits per heavy atom. The number of nitrogens with two attached hydrogens (primary N) is 1. The molecule has 1 aromatic carbocycles. The number of amides is 1. The van der Waals surface area contributed by atoms with E-state index in [0.29, 0.717) is 23.6 Å². The van der Waals surface area contributed by atoms with Crippen LogP contribution in [0.4, 0.5) is 5.69 Å². The first-order chi connectivity index (χ1) is 8.33. The van der Waals surface area contributed by atoms with Crippen molar-refractivity contribution >= 4 is 11.6 Å². The van der Waals surface area contributed by atoms with E-state index < -0.39 is 5.60 Å². The predicted molar refractivity (Wildman–Crippen MR) is 70.7 cm³/mol. The van der Waals surface area contributed by atoms with Gasteiger partial charge in [0.1, 0.15) is 5.75 Å². The van der Waals surface area contributed by atoms with Crippen molar-refractivity contribution in [2.75, 3.05) is 18.9 Å². The largest absolute Gasteiger partial charge is 0.492 e. The molecule has 1 amide bonds. The molecule has 100 valence electrons. The lowest BCUT2D eigenvalue weighted by Gasteiger charge is -2.17. The molecule has 0 bridgehead atoms. The van der Waals surface area contributed by atoms with Gasteiger partial charge in [-0.15, -0.1) is 0 Å². The maximum Gasteiger partial charge on any atom is 0.251 e. The number of anilines is 1. The standard InChI is InChI=1S/C13H20N2O3/c1-4-18-11-6-5-9(7-10(11)14)12(16)15-8-13(2,3)17/h5-7,17H,4,8,14H2,1-3H3,(H,15,16). The Morgan fingerprint density at radius 3 is 2.67 bits per heavy atom. The van der Waals surface area contributed by atoms with Gasteiger partial charge in [0.25, 0.3) is 5.91 Å². The van der Waals surface area contributed by atoms with Crippen LogP contribution in [0.2, 0.25) is 0 Å². The topological polar surface area (TPSA) is 84.6 Å². The number of nitrogens with one attached hydrogen (secondary N) is 1. The van der Waals surface area contributed by atoms with Crippen molar-refractivity contribution in [3.05, 3.63) is 23.8 Å². The normalized spacial score (nSPS) is 11.1. The third-order valence-corrected chi connectivity index (χ3v) is 2.25. The first-order valence-electron chi connectivity index (χ1n) is 5.86. The molecule has 1 aromatic rings. The smallest absolute Gasteiger partial charge is 0.251 e. The lowest BCUT2D eigenvalue weighted by Crippen LogP contribution is -2.38. The van der Waals surface area contributed by atoms with Crippen molar-refractivity contribution in [3.63, 3.8) is 0 Å². The van der Waals surface area contributed by atoms with Crippen LogP contribution in [-0.4, -0.2) is 29.8 Å². The van der Waals surface area contributed by atoms with Crippen LogP contribution in [0.5, 0.6) is 5.75 Å². The summed E-state index contributed by atoms with van der Waals surface area (Å²) in [4.78, 5) is 11.8. The van der Waals surface area contributed by atoms with Gasteiger partial charge >= 0.3 is 0 Å². The van der Waals surface area contributed by atoms with Crippen LogP contribution < -0.4 is 15.8 Å². The molecule has 18 heavy (non-hydrogen) atoms. The van der Waals surface area contributed by atoms with Gasteiger partial charge in [-0.2, -0.15) is 0 Å². The van der Waals surface area contributed by atoms with E-state index >= 15 is 0 Å². The van der Waals surface area contributed by atoms with Gasteiger partial charge < -0.3 is 20.9 Å². The SMILES string of the molecule is CCOc1ccc(C(=O)NCC(C)(C)O)cc1N. The Kier molecular flexibility index (Phi) is 4.55. The summed E-state index contributed by atoms with van der Waals surface area (Å²) in [6.07, 6.45) is 0. The van der Waals surface area contributed by atoms with Gasteiger partial charge in [0.15, 0.2) is 0 Å². The maximum absolute atomic E-state index is 11.8. The first-order valence-corrected chi connectivity index (χ1v) is 5.86. The molecule has 0 spiro atoms. The number of nitrogen functional groups attached to an aromatic ring is 1. The fraction of sp³-hybridized carbons (Fsp3) is 0.462. The van der Waals surface area contributed by atoms with Gasteiger partial charge in [0.05, 0.1) is 17.9 Å². The van der Waals surface area contributed by atoms with E-state index in [-0.39, 0.29) is 12.5 Å². The molecule has 0 aliphatic carbocycles. The van der Waals surface area contributed by atoms with E-state index in [4.69, 9.17) is 10.5 Å². The molecule has 0 atom stereocenters. The van der Waals surface area contributed by atoms with E-state index in [0.717, 1.165) is 0 Å². The van der Waals surface area contributed by atoms with Crippen LogP contribution in [-0.2, 0) is 0 Å². The van der Waals surface area contributed by atoms with Gasteiger partial charge in [0.2, 0.25) is 0 Å². The molecule has 0 fully saturated rings. The number of benzene rings is 1. The molecule has 0 aromatic heterocycles. The van der Waals surface area contributed by atoms with Crippen LogP contribution in [0.1, 0.15) is 31.1 Å². The molecule has 0 unspecified atom stereocenters.